The average molecular weight is 166 g/mol. The molecule has 3 N–H and O–H groups in total. The number of aromatic nitrogens is 1. The molecule has 12 heavy (non-hydrogen) atoms. The van der Waals surface area contributed by atoms with E-state index < -0.39 is 0 Å². The van der Waals surface area contributed by atoms with Gasteiger partial charge in [0.25, 0.3) is 0 Å². The molecule has 0 spiro atoms. The second kappa shape index (κ2) is 2.83. The van der Waals surface area contributed by atoms with Crippen molar-refractivity contribution in [3.05, 3.63) is 18.0 Å². The van der Waals surface area contributed by atoms with E-state index in [1.54, 1.807) is 7.11 Å². The maximum Gasteiger partial charge on any atom is 0.141 e. The molecule has 1 saturated carbocycles. The molecule has 1 atom stereocenters. The Balaban J connectivity index is 2.19. The van der Waals surface area contributed by atoms with E-state index in [4.69, 9.17) is 10.5 Å². The number of aromatic amines is 1. The van der Waals surface area contributed by atoms with Crippen molar-refractivity contribution in [3.63, 3.8) is 0 Å². The topological polar surface area (TPSA) is 51.0 Å². The van der Waals surface area contributed by atoms with Crippen molar-refractivity contribution in [2.45, 2.75) is 18.9 Å². The van der Waals surface area contributed by atoms with Gasteiger partial charge in [0.15, 0.2) is 0 Å². The number of nitrogens with two attached hydrogens (primary N) is 1. The summed E-state index contributed by atoms with van der Waals surface area (Å²) >= 11 is 0. The lowest BCUT2D eigenvalue weighted by Gasteiger charge is -2.10. The molecule has 1 heterocycles. The smallest absolute Gasteiger partial charge is 0.141 e. The van der Waals surface area contributed by atoms with E-state index in [1.165, 1.54) is 12.8 Å². The Kier molecular flexibility index (Phi) is 1.81. The molecular weight excluding hydrogens is 152 g/mol. The normalized spacial score (nSPS) is 19.2. The molecule has 2 rings (SSSR count). The molecule has 0 amide bonds. The van der Waals surface area contributed by atoms with Gasteiger partial charge in [-0.25, -0.2) is 0 Å². The van der Waals surface area contributed by atoms with Crippen molar-refractivity contribution in [2.75, 3.05) is 7.11 Å². The molecule has 1 aromatic rings. The first-order valence-corrected chi connectivity index (χ1v) is 4.29. The van der Waals surface area contributed by atoms with E-state index in [0.717, 1.165) is 11.4 Å². The van der Waals surface area contributed by atoms with Gasteiger partial charge in [-0.05, 0) is 24.8 Å². The third-order valence-electron chi connectivity index (χ3n) is 2.42. The Morgan fingerprint density at radius 1 is 1.67 bits per heavy atom. The summed E-state index contributed by atoms with van der Waals surface area (Å²) in [7, 11) is 1.67. The van der Waals surface area contributed by atoms with Crippen LogP contribution in [0.1, 0.15) is 24.6 Å². The average Bonchev–Trinajstić information content (AvgIpc) is 2.82. The Morgan fingerprint density at radius 3 is 3.00 bits per heavy atom. The van der Waals surface area contributed by atoms with Gasteiger partial charge in [-0.15, -0.1) is 0 Å². The third-order valence-corrected chi connectivity index (χ3v) is 2.42. The zero-order valence-electron chi connectivity index (χ0n) is 7.21. The lowest BCUT2D eigenvalue weighted by molar-refractivity contribution is 0.403. The number of ether oxygens (including phenoxy) is 1. The van der Waals surface area contributed by atoms with Crippen LogP contribution in [0.15, 0.2) is 12.3 Å². The predicted octanol–water partition coefficient (Wildman–Crippen LogP) is 1.43. The molecule has 1 fully saturated rings. The van der Waals surface area contributed by atoms with Gasteiger partial charge in [-0.1, -0.05) is 0 Å². The van der Waals surface area contributed by atoms with Crippen LogP contribution >= 0.6 is 0 Å². The van der Waals surface area contributed by atoms with Gasteiger partial charge in [0, 0.05) is 6.20 Å². The number of H-pyrrole nitrogens is 1. The van der Waals surface area contributed by atoms with Gasteiger partial charge in [0.1, 0.15) is 5.75 Å². The lowest BCUT2D eigenvalue weighted by Crippen LogP contribution is -2.13. The van der Waals surface area contributed by atoms with Crippen LogP contribution in [0.5, 0.6) is 5.75 Å². The summed E-state index contributed by atoms with van der Waals surface area (Å²) in [5, 5.41) is 0. The lowest BCUT2D eigenvalue weighted by atomic mass is 10.1. The molecule has 0 aliphatic heterocycles. The SMILES string of the molecule is COc1cc[nH]c1[C@H](N)C1CC1. The van der Waals surface area contributed by atoms with E-state index in [0.29, 0.717) is 5.92 Å². The maximum atomic E-state index is 6.01. The fourth-order valence-corrected chi connectivity index (χ4v) is 1.50. The molecule has 1 aliphatic carbocycles. The van der Waals surface area contributed by atoms with Crippen molar-refractivity contribution in [1.29, 1.82) is 0 Å². The minimum Gasteiger partial charge on any atom is -0.495 e. The van der Waals surface area contributed by atoms with Crippen LogP contribution in [0.25, 0.3) is 0 Å². The minimum absolute atomic E-state index is 0.134. The van der Waals surface area contributed by atoms with Crippen molar-refractivity contribution in [2.24, 2.45) is 11.7 Å². The Labute approximate surface area is 71.9 Å². The van der Waals surface area contributed by atoms with Gasteiger partial charge in [0.05, 0.1) is 18.8 Å². The van der Waals surface area contributed by atoms with Crippen LogP contribution in [-0.4, -0.2) is 12.1 Å². The highest BCUT2D eigenvalue weighted by Gasteiger charge is 2.31. The number of methoxy groups -OCH3 is 1. The van der Waals surface area contributed by atoms with Crippen LogP contribution < -0.4 is 10.5 Å². The minimum atomic E-state index is 0.134. The molecule has 3 heteroatoms. The molecule has 1 aromatic heterocycles. The number of nitrogens with one attached hydrogen (secondary N) is 1. The fraction of sp³-hybridized carbons (Fsp3) is 0.556. The first-order chi connectivity index (χ1) is 5.83. The highest BCUT2D eigenvalue weighted by molar-refractivity contribution is 5.31. The van der Waals surface area contributed by atoms with Crippen LogP contribution in [0.3, 0.4) is 0 Å². The van der Waals surface area contributed by atoms with Crippen LogP contribution in [0.2, 0.25) is 0 Å². The predicted molar refractivity (Wildman–Crippen MR) is 47.0 cm³/mol. The van der Waals surface area contributed by atoms with E-state index in [1.807, 2.05) is 12.3 Å². The van der Waals surface area contributed by atoms with Gasteiger partial charge < -0.3 is 15.5 Å². The second-order valence-corrected chi connectivity index (χ2v) is 3.32. The first-order valence-electron chi connectivity index (χ1n) is 4.29. The van der Waals surface area contributed by atoms with Crippen LogP contribution in [0, 0.1) is 5.92 Å². The molecule has 1 aliphatic rings. The summed E-state index contributed by atoms with van der Waals surface area (Å²) in [6.07, 6.45) is 4.38. The van der Waals surface area contributed by atoms with Crippen molar-refractivity contribution in [1.82, 2.24) is 4.98 Å². The Hall–Kier alpha value is -0.960. The summed E-state index contributed by atoms with van der Waals surface area (Å²) in [5.74, 6) is 1.55. The number of hydrogen-bond acceptors (Lipinski definition) is 2. The van der Waals surface area contributed by atoms with E-state index >= 15 is 0 Å². The Bertz CT molecular complexity index is 265. The molecule has 0 unspecified atom stereocenters. The van der Waals surface area contributed by atoms with Crippen LogP contribution in [-0.2, 0) is 0 Å². The van der Waals surface area contributed by atoms with Gasteiger partial charge in [-0.2, -0.15) is 0 Å². The zero-order chi connectivity index (χ0) is 8.55. The van der Waals surface area contributed by atoms with Gasteiger partial charge in [-0.3, -0.25) is 0 Å². The molecular formula is C9H14N2O. The standard InChI is InChI=1S/C9H14N2O/c1-12-7-4-5-11-9(7)8(10)6-2-3-6/h4-6,8,11H,2-3,10H2,1H3/t8-/m1/s1. The Morgan fingerprint density at radius 2 is 2.42 bits per heavy atom. The molecule has 0 saturated heterocycles. The summed E-state index contributed by atoms with van der Waals surface area (Å²) < 4.78 is 5.17. The van der Waals surface area contributed by atoms with E-state index in [9.17, 15) is 0 Å². The van der Waals surface area contributed by atoms with Crippen molar-refractivity contribution in [3.8, 4) is 5.75 Å². The largest absolute Gasteiger partial charge is 0.495 e. The van der Waals surface area contributed by atoms with Crippen molar-refractivity contribution >= 4 is 0 Å². The highest BCUT2D eigenvalue weighted by atomic mass is 16.5. The summed E-state index contributed by atoms with van der Waals surface area (Å²) in [5.41, 5.74) is 7.05. The second-order valence-electron chi connectivity index (χ2n) is 3.32. The molecule has 66 valence electrons. The monoisotopic (exact) mass is 166 g/mol. The molecule has 0 radical (unpaired) electrons. The fourth-order valence-electron chi connectivity index (χ4n) is 1.50. The highest BCUT2D eigenvalue weighted by Crippen LogP contribution is 2.41. The summed E-state index contributed by atoms with van der Waals surface area (Å²) in [6, 6.07) is 2.05. The maximum absolute atomic E-state index is 6.01. The number of hydrogen-bond donors (Lipinski definition) is 2. The molecule has 0 aromatic carbocycles. The number of rotatable bonds is 3. The van der Waals surface area contributed by atoms with Gasteiger partial charge >= 0.3 is 0 Å². The zero-order valence-corrected chi connectivity index (χ0v) is 7.21. The quantitative estimate of drug-likeness (QED) is 0.713. The van der Waals surface area contributed by atoms with Crippen LogP contribution in [0.4, 0.5) is 0 Å². The molecule has 0 bridgehead atoms. The van der Waals surface area contributed by atoms with Crippen molar-refractivity contribution < 1.29 is 4.74 Å². The first kappa shape index (κ1) is 7.68. The van der Waals surface area contributed by atoms with E-state index in [2.05, 4.69) is 4.98 Å². The van der Waals surface area contributed by atoms with Gasteiger partial charge in [0.2, 0.25) is 0 Å². The third kappa shape index (κ3) is 1.20. The summed E-state index contributed by atoms with van der Waals surface area (Å²) in [6.45, 7) is 0. The summed E-state index contributed by atoms with van der Waals surface area (Å²) in [4.78, 5) is 3.13. The molecule has 3 nitrogen and oxygen atoms in total. The van der Waals surface area contributed by atoms with E-state index in [-0.39, 0.29) is 6.04 Å².